The lowest BCUT2D eigenvalue weighted by atomic mass is 10.1. The molecule has 0 aromatic carbocycles. The van der Waals surface area contributed by atoms with E-state index in [0.717, 1.165) is 0 Å². The second kappa shape index (κ2) is 6.86. The van der Waals surface area contributed by atoms with Crippen LogP contribution in [0.3, 0.4) is 0 Å². The molecule has 16 heavy (non-hydrogen) atoms. The number of alkyl halides is 9. The molecule has 0 rings (SSSR count). The lowest BCUT2D eigenvalue weighted by Gasteiger charge is -2.39. The second-order valence-corrected chi connectivity index (χ2v) is 8.52. The molecule has 0 nitrogen and oxygen atoms in total. The maximum atomic E-state index is 5.99. The molecule has 0 heterocycles. The molecule has 0 bridgehead atoms. The lowest BCUT2D eigenvalue weighted by molar-refractivity contribution is 0.583. The molecular weight excluding hydrogens is 403 g/mol. The highest BCUT2D eigenvalue weighted by atomic mass is 35.5. The number of hydrogen-bond acceptors (Lipinski definition) is 0. The van der Waals surface area contributed by atoms with E-state index in [1.54, 1.807) is 0 Å². The summed E-state index contributed by atoms with van der Waals surface area (Å²) in [5, 5.41) is -1.15. The quantitative estimate of drug-likeness (QED) is 0.473. The minimum atomic E-state index is -1.82. The van der Waals surface area contributed by atoms with Gasteiger partial charge in [0.2, 0.25) is 0 Å². The molecule has 0 aromatic heterocycles. The van der Waals surface area contributed by atoms with Gasteiger partial charge in [0.15, 0.2) is 8.67 Å². The van der Waals surface area contributed by atoms with Crippen LogP contribution in [0.15, 0.2) is 0 Å². The van der Waals surface area contributed by atoms with Gasteiger partial charge in [0.05, 0.1) is 5.88 Å². The SMILES string of the molecule is ClCCC(Cl)(Cl)C(Cl)C(Cl)(Cl)C(Cl)(Cl)CCl. The van der Waals surface area contributed by atoms with E-state index < -0.39 is 18.4 Å². The minimum absolute atomic E-state index is 0.166. The van der Waals surface area contributed by atoms with E-state index in [1.807, 2.05) is 0 Å². The monoisotopic (exact) mass is 406 g/mol. The Balaban J connectivity index is 5.02. The number of halogens is 9. The van der Waals surface area contributed by atoms with Crippen molar-refractivity contribution in [1.82, 2.24) is 0 Å². The summed E-state index contributed by atoms with van der Waals surface area (Å²) in [5.41, 5.74) is 0. The van der Waals surface area contributed by atoms with Crippen molar-refractivity contribution in [2.45, 2.75) is 24.8 Å². The van der Waals surface area contributed by atoms with Crippen LogP contribution in [0, 0.1) is 0 Å². The van der Waals surface area contributed by atoms with Crippen molar-refractivity contribution in [3.8, 4) is 0 Å². The zero-order valence-corrected chi connectivity index (χ0v) is 14.4. The van der Waals surface area contributed by atoms with Gasteiger partial charge in [-0.1, -0.05) is 69.6 Å². The minimum Gasteiger partial charge on any atom is -0.127 e. The molecule has 0 amide bonds. The van der Waals surface area contributed by atoms with Crippen LogP contribution in [-0.2, 0) is 0 Å². The third-order valence-corrected chi connectivity index (χ3v) is 6.93. The Hall–Kier alpha value is 2.61. The van der Waals surface area contributed by atoms with Crippen LogP contribution in [0.4, 0.5) is 0 Å². The van der Waals surface area contributed by atoms with Crippen molar-refractivity contribution in [3.05, 3.63) is 0 Å². The first-order valence-electron chi connectivity index (χ1n) is 3.92. The number of hydrogen-bond donors (Lipinski definition) is 0. The summed E-state index contributed by atoms with van der Waals surface area (Å²) in [6.45, 7) is 0. The topological polar surface area (TPSA) is 0 Å². The Bertz CT molecular complexity index is 224. The molecule has 0 fully saturated rings. The van der Waals surface area contributed by atoms with Crippen LogP contribution >= 0.6 is 104 Å². The fraction of sp³-hybridized carbons (Fsp3) is 1.00. The van der Waals surface area contributed by atoms with Gasteiger partial charge in [0.1, 0.15) is 9.71 Å². The molecule has 1 unspecified atom stereocenters. The van der Waals surface area contributed by atoms with Crippen molar-refractivity contribution in [1.29, 1.82) is 0 Å². The molecule has 0 aliphatic rings. The highest BCUT2D eigenvalue weighted by molar-refractivity contribution is 6.67. The van der Waals surface area contributed by atoms with Crippen LogP contribution in [-0.4, -0.2) is 30.1 Å². The van der Waals surface area contributed by atoms with Gasteiger partial charge in [-0.2, -0.15) is 0 Å². The molecule has 1 atom stereocenters. The predicted octanol–water partition coefficient (Wildman–Crippen LogP) is 5.98. The summed E-state index contributed by atoms with van der Waals surface area (Å²) in [4.78, 5) is 0. The number of rotatable bonds is 6. The van der Waals surface area contributed by atoms with Crippen LogP contribution in [0.2, 0.25) is 0 Å². The average Bonchev–Trinajstić information content (AvgIpc) is 2.16. The molecule has 9 heteroatoms. The van der Waals surface area contributed by atoms with Crippen molar-refractivity contribution >= 4 is 104 Å². The van der Waals surface area contributed by atoms with Crippen LogP contribution in [0.5, 0.6) is 0 Å². The first-order valence-corrected chi connectivity index (χ1v) is 7.69. The van der Waals surface area contributed by atoms with E-state index in [1.165, 1.54) is 0 Å². The van der Waals surface area contributed by atoms with Crippen molar-refractivity contribution in [2.75, 3.05) is 11.8 Å². The summed E-state index contributed by atoms with van der Waals surface area (Å²) < 4.78 is -4.98. The largest absolute Gasteiger partial charge is 0.171 e. The third-order valence-electron chi connectivity index (χ3n) is 1.77. The molecular formula is C7H7Cl9. The zero-order valence-electron chi connectivity index (χ0n) is 7.60. The Morgan fingerprint density at radius 3 is 1.62 bits per heavy atom. The molecule has 98 valence electrons. The van der Waals surface area contributed by atoms with Crippen molar-refractivity contribution in [3.63, 3.8) is 0 Å². The Morgan fingerprint density at radius 2 is 1.31 bits per heavy atom. The Morgan fingerprint density at radius 1 is 0.875 bits per heavy atom. The first kappa shape index (κ1) is 18.6. The van der Waals surface area contributed by atoms with E-state index >= 15 is 0 Å². The molecule has 0 saturated heterocycles. The lowest BCUT2D eigenvalue weighted by Crippen LogP contribution is -2.51. The second-order valence-electron chi connectivity index (χ2n) is 3.02. The van der Waals surface area contributed by atoms with Crippen LogP contribution in [0.1, 0.15) is 6.42 Å². The predicted molar refractivity (Wildman–Crippen MR) is 79.0 cm³/mol. The summed E-state index contributed by atoms with van der Waals surface area (Å²) >= 11 is 52.6. The normalized spacial score (nSPS) is 16.3. The fourth-order valence-corrected chi connectivity index (χ4v) is 3.50. The van der Waals surface area contributed by atoms with Gasteiger partial charge < -0.3 is 0 Å². The van der Waals surface area contributed by atoms with E-state index in [2.05, 4.69) is 0 Å². The van der Waals surface area contributed by atoms with Gasteiger partial charge in [-0.3, -0.25) is 0 Å². The van der Waals surface area contributed by atoms with Gasteiger partial charge in [-0.05, 0) is 6.42 Å². The van der Waals surface area contributed by atoms with E-state index in [-0.39, 0.29) is 18.2 Å². The fourth-order valence-electron chi connectivity index (χ4n) is 0.792. The molecule has 0 aromatic rings. The standard InChI is InChI=1S/C7H7Cl9/c8-2-1-5(11,12)4(10)7(15,16)6(13,14)3-9/h4H,1-3H2. The van der Waals surface area contributed by atoms with Crippen molar-refractivity contribution in [2.24, 2.45) is 0 Å². The molecule has 0 radical (unpaired) electrons. The van der Waals surface area contributed by atoms with Gasteiger partial charge in [-0.25, -0.2) is 0 Å². The van der Waals surface area contributed by atoms with E-state index in [4.69, 9.17) is 104 Å². The molecule has 0 N–H and O–H groups in total. The molecule has 0 spiro atoms. The van der Waals surface area contributed by atoms with Gasteiger partial charge in [0, 0.05) is 5.88 Å². The molecule has 0 aliphatic heterocycles. The maximum Gasteiger partial charge on any atom is 0.171 e. The zero-order chi connectivity index (χ0) is 13.2. The highest BCUT2D eigenvalue weighted by Crippen LogP contribution is 2.53. The van der Waals surface area contributed by atoms with E-state index in [0.29, 0.717) is 0 Å². The summed E-state index contributed by atoms with van der Waals surface area (Å²) in [7, 11) is 0. The van der Waals surface area contributed by atoms with E-state index in [9.17, 15) is 0 Å². The summed E-state index contributed by atoms with van der Waals surface area (Å²) in [6.07, 6.45) is 0.166. The Labute approximate surface area is 140 Å². The van der Waals surface area contributed by atoms with Gasteiger partial charge in [0.25, 0.3) is 0 Å². The maximum absolute atomic E-state index is 5.99. The summed E-state index contributed by atoms with van der Waals surface area (Å²) in [6, 6.07) is 0. The Kier molecular flexibility index (Phi) is 7.98. The first-order chi connectivity index (χ1) is 7.03. The summed E-state index contributed by atoms with van der Waals surface area (Å²) in [5.74, 6) is -0.0599. The third kappa shape index (κ3) is 4.32. The smallest absolute Gasteiger partial charge is 0.127 e. The molecule has 0 aliphatic carbocycles. The van der Waals surface area contributed by atoms with Gasteiger partial charge in [-0.15, -0.1) is 34.8 Å². The van der Waals surface area contributed by atoms with Crippen LogP contribution < -0.4 is 0 Å². The van der Waals surface area contributed by atoms with Crippen molar-refractivity contribution < 1.29 is 0 Å². The average molecular weight is 410 g/mol. The van der Waals surface area contributed by atoms with Gasteiger partial charge >= 0.3 is 0 Å². The van der Waals surface area contributed by atoms with Crippen LogP contribution in [0.25, 0.3) is 0 Å². The highest BCUT2D eigenvalue weighted by Gasteiger charge is 2.57. The molecule has 0 saturated carbocycles.